The third-order valence-corrected chi connectivity index (χ3v) is 4.88. The highest BCUT2D eigenvalue weighted by atomic mass is 79.9. The van der Waals surface area contributed by atoms with Gasteiger partial charge in [-0.1, -0.05) is 22.0 Å². The van der Waals surface area contributed by atoms with Gasteiger partial charge in [-0.25, -0.2) is 0 Å². The molecule has 0 aromatic heterocycles. The molecule has 2 rings (SSSR count). The van der Waals surface area contributed by atoms with Crippen LogP contribution in [0.2, 0.25) is 0 Å². The number of hydrogen-bond donors (Lipinski definition) is 1. The number of nitrogens with zero attached hydrogens (tertiary/aromatic N) is 1. The van der Waals surface area contributed by atoms with Gasteiger partial charge < -0.3 is 10.0 Å². The van der Waals surface area contributed by atoms with Crippen molar-refractivity contribution in [3.8, 4) is 0 Å². The molecule has 1 aliphatic rings. The first-order chi connectivity index (χ1) is 9.97. The molecule has 0 radical (unpaired) electrons. The number of Topliss-reactive ketones (excluding diaryl/α,β-unsaturated/α-hetero) is 1. The molecule has 0 spiro atoms. The van der Waals surface area contributed by atoms with Crippen molar-refractivity contribution in [1.82, 2.24) is 4.90 Å². The van der Waals surface area contributed by atoms with Crippen LogP contribution in [-0.4, -0.2) is 41.4 Å². The topological polar surface area (TPSA) is 57.6 Å². The van der Waals surface area contributed by atoms with E-state index in [2.05, 4.69) is 20.8 Å². The average molecular weight is 354 g/mol. The third kappa shape index (κ3) is 4.38. The number of hydrogen-bond acceptors (Lipinski definition) is 3. The zero-order valence-corrected chi connectivity index (χ0v) is 13.7. The summed E-state index contributed by atoms with van der Waals surface area (Å²) in [6.45, 7) is 4.04. The first-order valence-electron chi connectivity index (χ1n) is 7.22. The van der Waals surface area contributed by atoms with Crippen molar-refractivity contribution >= 4 is 27.7 Å². The van der Waals surface area contributed by atoms with Crippen LogP contribution >= 0.6 is 15.9 Å². The van der Waals surface area contributed by atoms with E-state index < -0.39 is 5.97 Å². The number of carbonyl (C=O) groups excluding carboxylic acids is 1. The van der Waals surface area contributed by atoms with Crippen LogP contribution in [0.1, 0.15) is 35.2 Å². The molecule has 1 heterocycles. The molecule has 1 N–H and O–H groups in total. The maximum absolute atomic E-state index is 12.2. The van der Waals surface area contributed by atoms with Gasteiger partial charge in [0.1, 0.15) is 0 Å². The monoisotopic (exact) mass is 353 g/mol. The smallest absolute Gasteiger partial charge is 0.307 e. The van der Waals surface area contributed by atoms with Gasteiger partial charge in [0.05, 0.1) is 5.92 Å². The van der Waals surface area contributed by atoms with Gasteiger partial charge in [-0.3, -0.25) is 9.59 Å². The first kappa shape index (κ1) is 16.2. The Labute approximate surface area is 133 Å². The van der Waals surface area contributed by atoms with Crippen molar-refractivity contribution in [2.45, 2.75) is 26.2 Å². The third-order valence-electron chi connectivity index (χ3n) is 3.99. The zero-order valence-electron chi connectivity index (χ0n) is 12.1. The van der Waals surface area contributed by atoms with Crippen LogP contribution in [0.15, 0.2) is 22.7 Å². The lowest BCUT2D eigenvalue weighted by Gasteiger charge is -2.30. The SMILES string of the molecule is Cc1cc(C(=O)CCN2CCCC(C(=O)O)C2)ccc1Br. The Morgan fingerprint density at radius 1 is 1.43 bits per heavy atom. The molecule has 114 valence electrons. The van der Waals surface area contributed by atoms with Crippen LogP contribution in [-0.2, 0) is 4.79 Å². The number of aryl methyl sites for hydroxylation is 1. The summed E-state index contributed by atoms with van der Waals surface area (Å²) in [7, 11) is 0. The van der Waals surface area contributed by atoms with Crippen molar-refractivity contribution in [2.24, 2.45) is 5.92 Å². The number of carboxylic acids is 1. The molecular weight excluding hydrogens is 334 g/mol. The van der Waals surface area contributed by atoms with Gasteiger partial charge in [0.25, 0.3) is 0 Å². The standard InChI is InChI=1S/C16H20BrNO3/c1-11-9-12(4-5-14(11)17)15(19)6-8-18-7-2-3-13(10-18)16(20)21/h4-5,9,13H,2-3,6-8,10H2,1H3,(H,20,21). The van der Waals surface area contributed by atoms with Crippen LogP contribution in [0.25, 0.3) is 0 Å². The molecule has 1 saturated heterocycles. The molecule has 0 amide bonds. The minimum Gasteiger partial charge on any atom is -0.481 e. The van der Waals surface area contributed by atoms with Crippen molar-refractivity contribution in [1.29, 1.82) is 0 Å². The number of likely N-dealkylation sites (tertiary alicyclic amines) is 1. The molecule has 1 atom stereocenters. The Morgan fingerprint density at radius 2 is 2.19 bits per heavy atom. The molecule has 21 heavy (non-hydrogen) atoms. The van der Waals surface area contributed by atoms with E-state index in [0.717, 1.165) is 35.0 Å². The fourth-order valence-electron chi connectivity index (χ4n) is 2.68. The van der Waals surface area contributed by atoms with Gasteiger partial charge in [-0.15, -0.1) is 0 Å². The lowest BCUT2D eigenvalue weighted by Crippen LogP contribution is -2.39. The van der Waals surface area contributed by atoms with Gasteiger partial charge in [-0.05, 0) is 44.0 Å². The molecular formula is C16H20BrNO3. The molecule has 0 aliphatic carbocycles. The van der Waals surface area contributed by atoms with Gasteiger partial charge in [-0.2, -0.15) is 0 Å². The van der Waals surface area contributed by atoms with Crippen molar-refractivity contribution in [3.05, 3.63) is 33.8 Å². The normalized spacial score (nSPS) is 19.4. The molecule has 0 saturated carbocycles. The highest BCUT2D eigenvalue weighted by molar-refractivity contribution is 9.10. The highest BCUT2D eigenvalue weighted by Crippen LogP contribution is 2.19. The summed E-state index contributed by atoms with van der Waals surface area (Å²) in [5, 5.41) is 9.07. The molecule has 1 aliphatic heterocycles. The van der Waals surface area contributed by atoms with E-state index >= 15 is 0 Å². The fraction of sp³-hybridized carbons (Fsp3) is 0.500. The predicted octanol–water partition coefficient (Wildman–Crippen LogP) is 3.13. The number of halogens is 1. The summed E-state index contributed by atoms with van der Waals surface area (Å²) >= 11 is 3.43. The summed E-state index contributed by atoms with van der Waals surface area (Å²) in [5.41, 5.74) is 1.77. The van der Waals surface area contributed by atoms with Crippen LogP contribution in [0.5, 0.6) is 0 Å². The lowest BCUT2D eigenvalue weighted by molar-refractivity contribution is -0.143. The molecule has 1 aromatic carbocycles. The van der Waals surface area contributed by atoms with Crippen molar-refractivity contribution in [3.63, 3.8) is 0 Å². The maximum atomic E-state index is 12.2. The Kier molecular flexibility index (Phi) is 5.53. The second-order valence-electron chi connectivity index (χ2n) is 5.62. The van der Waals surface area contributed by atoms with Crippen LogP contribution in [0, 0.1) is 12.8 Å². The summed E-state index contributed by atoms with van der Waals surface area (Å²) in [4.78, 5) is 25.3. The van der Waals surface area contributed by atoms with E-state index in [1.54, 1.807) is 0 Å². The van der Waals surface area contributed by atoms with E-state index in [-0.39, 0.29) is 11.7 Å². The van der Waals surface area contributed by atoms with E-state index in [1.807, 2.05) is 25.1 Å². The van der Waals surface area contributed by atoms with E-state index in [9.17, 15) is 9.59 Å². The number of rotatable bonds is 5. The summed E-state index contributed by atoms with van der Waals surface area (Å²) < 4.78 is 0.999. The molecule has 1 aromatic rings. The first-order valence-corrected chi connectivity index (χ1v) is 8.01. The van der Waals surface area contributed by atoms with Crippen LogP contribution in [0.4, 0.5) is 0 Å². The lowest BCUT2D eigenvalue weighted by atomic mass is 9.97. The summed E-state index contributed by atoms with van der Waals surface area (Å²) in [6.07, 6.45) is 2.07. The number of carbonyl (C=O) groups is 2. The second kappa shape index (κ2) is 7.18. The minimum absolute atomic E-state index is 0.114. The van der Waals surface area contributed by atoms with Crippen molar-refractivity contribution in [2.75, 3.05) is 19.6 Å². The predicted molar refractivity (Wildman–Crippen MR) is 84.6 cm³/mol. The number of benzene rings is 1. The van der Waals surface area contributed by atoms with Gasteiger partial charge in [0.2, 0.25) is 0 Å². The molecule has 0 bridgehead atoms. The maximum Gasteiger partial charge on any atom is 0.307 e. The van der Waals surface area contributed by atoms with E-state index in [4.69, 9.17) is 5.11 Å². The fourth-order valence-corrected chi connectivity index (χ4v) is 2.93. The van der Waals surface area contributed by atoms with Crippen LogP contribution < -0.4 is 0 Å². The van der Waals surface area contributed by atoms with E-state index in [0.29, 0.717) is 19.5 Å². The Hall–Kier alpha value is -1.20. The van der Waals surface area contributed by atoms with E-state index in [1.165, 1.54) is 0 Å². The van der Waals surface area contributed by atoms with Gasteiger partial charge in [0, 0.05) is 29.5 Å². The zero-order chi connectivity index (χ0) is 15.4. The number of ketones is 1. The molecule has 4 nitrogen and oxygen atoms in total. The second-order valence-corrected chi connectivity index (χ2v) is 6.47. The number of carboxylic acid groups (broad SMARTS) is 1. The Bertz CT molecular complexity index is 544. The Balaban J connectivity index is 1.88. The molecule has 1 unspecified atom stereocenters. The molecule has 5 heteroatoms. The van der Waals surface area contributed by atoms with Gasteiger partial charge in [0.15, 0.2) is 5.78 Å². The van der Waals surface area contributed by atoms with Crippen molar-refractivity contribution < 1.29 is 14.7 Å². The molecule has 1 fully saturated rings. The quantitative estimate of drug-likeness (QED) is 0.826. The summed E-state index contributed by atoms with van der Waals surface area (Å²) in [5.74, 6) is -0.901. The number of piperidine rings is 1. The van der Waals surface area contributed by atoms with Gasteiger partial charge >= 0.3 is 5.97 Å². The Morgan fingerprint density at radius 3 is 2.86 bits per heavy atom. The van der Waals surface area contributed by atoms with Crippen LogP contribution in [0.3, 0.4) is 0 Å². The minimum atomic E-state index is -0.727. The highest BCUT2D eigenvalue weighted by Gasteiger charge is 2.25. The number of aliphatic carboxylic acids is 1. The average Bonchev–Trinajstić information content (AvgIpc) is 2.48. The summed E-state index contributed by atoms with van der Waals surface area (Å²) in [6, 6.07) is 5.61. The largest absolute Gasteiger partial charge is 0.481 e.